The van der Waals surface area contributed by atoms with E-state index in [2.05, 4.69) is 16.4 Å². The van der Waals surface area contributed by atoms with E-state index in [4.69, 9.17) is 0 Å². The van der Waals surface area contributed by atoms with Gasteiger partial charge < -0.3 is 17.0 Å². The maximum atomic E-state index is 3.79. The number of hydrogen-bond acceptors (Lipinski definition) is 2. The van der Waals surface area contributed by atoms with E-state index in [1.165, 1.54) is 84.1 Å². The third-order valence-electron chi connectivity index (χ3n) is 4.76. The van der Waals surface area contributed by atoms with E-state index >= 15 is 0 Å². The summed E-state index contributed by atoms with van der Waals surface area (Å²) in [6.45, 7) is 9.86. The minimum Gasteiger partial charge on any atom is -1.00 e. The van der Waals surface area contributed by atoms with Crippen molar-refractivity contribution in [3.63, 3.8) is 0 Å². The van der Waals surface area contributed by atoms with Crippen LogP contribution in [0.2, 0.25) is 0 Å². The fraction of sp³-hybridized carbons (Fsp3) is 0.882. The van der Waals surface area contributed by atoms with Crippen LogP contribution in [-0.2, 0) is 17.1 Å². The largest absolute Gasteiger partial charge is 1.00 e. The molecule has 0 aromatic heterocycles. The minimum atomic E-state index is 0. The van der Waals surface area contributed by atoms with Crippen molar-refractivity contribution in [3.05, 3.63) is 12.7 Å². The Morgan fingerprint density at radius 2 is 1.38 bits per heavy atom. The molecule has 0 radical (unpaired) electrons. The van der Waals surface area contributed by atoms with E-state index in [1.54, 1.807) is 0 Å². The van der Waals surface area contributed by atoms with Gasteiger partial charge in [-0.05, 0) is 18.8 Å². The Balaban J connectivity index is 0.000000491. The number of nitrogens with zero attached hydrogens (tertiary/aromatic N) is 2. The normalized spacial score (nSPS) is 23.0. The van der Waals surface area contributed by atoms with E-state index in [1.807, 2.05) is 6.08 Å². The molecule has 4 heteroatoms. The van der Waals surface area contributed by atoms with Crippen LogP contribution in [0.25, 0.3) is 0 Å². The summed E-state index contributed by atoms with van der Waals surface area (Å²) in [5, 5.41) is 0. The number of hydrogen-bond donors (Lipinski definition) is 0. The van der Waals surface area contributed by atoms with Gasteiger partial charge >= 0.3 is 0 Å². The molecule has 1 heterocycles. The second-order valence-electron chi connectivity index (χ2n) is 6.50. The quantitative estimate of drug-likeness (QED) is 0.511. The van der Waals surface area contributed by atoms with Gasteiger partial charge in [-0.25, -0.2) is 0 Å². The molecular weight excluding hydrogens is 368 g/mol. The van der Waals surface area contributed by atoms with Gasteiger partial charge in [-0.2, -0.15) is 0 Å². The van der Waals surface area contributed by atoms with Crippen molar-refractivity contribution >= 4 is 0 Å². The second-order valence-corrected chi connectivity index (χ2v) is 6.50. The van der Waals surface area contributed by atoms with Crippen LogP contribution in [0, 0.1) is 5.92 Å². The first kappa shape index (κ1) is 21.7. The van der Waals surface area contributed by atoms with Gasteiger partial charge in [-0.3, -0.25) is 9.80 Å². The van der Waals surface area contributed by atoms with Crippen LogP contribution in [0.3, 0.4) is 0 Å². The molecule has 3 aliphatic rings. The number of halogens is 1. The van der Waals surface area contributed by atoms with E-state index in [-0.39, 0.29) is 34.1 Å². The van der Waals surface area contributed by atoms with Gasteiger partial charge in [0.1, 0.15) is 0 Å². The summed E-state index contributed by atoms with van der Waals surface area (Å²) in [4.78, 5) is 5.08. The summed E-state index contributed by atoms with van der Waals surface area (Å²) in [5.74, 6) is 0.999. The Hall–Kier alpha value is 0.659. The summed E-state index contributed by atoms with van der Waals surface area (Å²) in [5.41, 5.74) is 0. The molecule has 3 fully saturated rings. The summed E-state index contributed by atoms with van der Waals surface area (Å²) in [6.07, 6.45) is 15.4. The molecular formula is C17H32BrFeN2-. The summed E-state index contributed by atoms with van der Waals surface area (Å²) in [6, 6.07) is 0. The molecule has 0 bridgehead atoms. The van der Waals surface area contributed by atoms with Gasteiger partial charge in [-0.15, -0.1) is 6.58 Å². The molecule has 0 aromatic rings. The molecule has 2 aliphatic carbocycles. The topological polar surface area (TPSA) is 6.48 Å². The van der Waals surface area contributed by atoms with Crippen molar-refractivity contribution < 1.29 is 34.1 Å². The molecule has 0 N–H and O–H groups in total. The van der Waals surface area contributed by atoms with Gasteiger partial charge in [-0.1, -0.05) is 51.0 Å². The van der Waals surface area contributed by atoms with Crippen molar-refractivity contribution in [2.45, 2.75) is 57.8 Å². The van der Waals surface area contributed by atoms with Crippen molar-refractivity contribution in [1.82, 2.24) is 9.80 Å². The molecule has 1 saturated heterocycles. The molecule has 0 unspecified atom stereocenters. The van der Waals surface area contributed by atoms with Crippen LogP contribution < -0.4 is 17.0 Å². The molecule has 3 rings (SSSR count). The first-order chi connectivity index (χ1) is 9.38. The van der Waals surface area contributed by atoms with Crippen molar-refractivity contribution in [2.75, 3.05) is 32.8 Å². The molecule has 0 aromatic carbocycles. The average Bonchev–Trinajstić information content (AvgIpc) is 3.13. The summed E-state index contributed by atoms with van der Waals surface area (Å²) >= 11 is 0. The molecule has 0 atom stereocenters. The third kappa shape index (κ3) is 8.76. The maximum absolute atomic E-state index is 3.79. The smallest absolute Gasteiger partial charge is 0.0510 e. The zero-order chi connectivity index (χ0) is 13.3. The van der Waals surface area contributed by atoms with Crippen LogP contribution in [0.5, 0.6) is 0 Å². The monoisotopic (exact) mass is 399 g/mol. The zero-order valence-corrected chi connectivity index (χ0v) is 16.1. The van der Waals surface area contributed by atoms with Crippen molar-refractivity contribution in [3.8, 4) is 0 Å². The molecule has 2 saturated carbocycles. The molecule has 0 amide bonds. The van der Waals surface area contributed by atoms with Crippen molar-refractivity contribution in [2.24, 2.45) is 5.92 Å². The Labute approximate surface area is 153 Å². The SMILES string of the molecule is C1CCCC1.C=CCN1CCN(CC2CCCC2)C1.[Br-].[Fe]. The summed E-state index contributed by atoms with van der Waals surface area (Å²) < 4.78 is 0. The first-order valence-electron chi connectivity index (χ1n) is 8.44. The molecule has 21 heavy (non-hydrogen) atoms. The maximum Gasteiger partial charge on any atom is 0.0510 e. The van der Waals surface area contributed by atoms with Crippen LogP contribution in [0.4, 0.5) is 0 Å². The van der Waals surface area contributed by atoms with Crippen LogP contribution in [-0.4, -0.2) is 42.6 Å². The molecule has 2 nitrogen and oxygen atoms in total. The van der Waals surface area contributed by atoms with E-state index in [9.17, 15) is 0 Å². The van der Waals surface area contributed by atoms with Gasteiger partial charge in [0.25, 0.3) is 0 Å². The Morgan fingerprint density at radius 3 is 1.90 bits per heavy atom. The van der Waals surface area contributed by atoms with E-state index < -0.39 is 0 Å². The van der Waals surface area contributed by atoms with Crippen LogP contribution >= 0.6 is 0 Å². The molecule has 0 spiro atoms. The Morgan fingerprint density at radius 1 is 0.857 bits per heavy atom. The second kappa shape index (κ2) is 13.1. The Bertz CT molecular complexity index is 246. The third-order valence-corrected chi connectivity index (χ3v) is 4.76. The van der Waals surface area contributed by atoms with Crippen molar-refractivity contribution in [1.29, 1.82) is 0 Å². The van der Waals surface area contributed by atoms with E-state index in [0.717, 1.165) is 12.5 Å². The van der Waals surface area contributed by atoms with E-state index in [0.29, 0.717) is 0 Å². The predicted octanol–water partition coefficient (Wildman–Crippen LogP) is 0.890. The fourth-order valence-electron chi connectivity index (χ4n) is 3.63. The average molecular weight is 400 g/mol. The Kier molecular flexibility index (Phi) is 13.5. The number of rotatable bonds is 4. The van der Waals surface area contributed by atoms with Gasteiger partial charge in [0.2, 0.25) is 0 Å². The zero-order valence-electron chi connectivity index (χ0n) is 13.4. The van der Waals surface area contributed by atoms with Gasteiger partial charge in [0.05, 0.1) is 6.67 Å². The van der Waals surface area contributed by atoms with Crippen LogP contribution in [0.15, 0.2) is 12.7 Å². The predicted molar refractivity (Wildman–Crippen MR) is 83.3 cm³/mol. The summed E-state index contributed by atoms with van der Waals surface area (Å²) in [7, 11) is 0. The van der Waals surface area contributed by atoms with Gasteiger partial charge in [0, 0.05) is 43.2 Å². The van der Waals surface area contributed by atoms with Crippen LogP contribution in [0.1, 0.15) is 57.8 Å². The van der Waals surface area contributed by atoms with Gasteiger partial charge in [0.15, 0.2) is 0 Å². The first-order valence-corrected chi connectivity index (χ1v) is 8.44. The molecule has 1 aliphatic heterocycles. The standard InChI is InChI=1S/C12H22N2.C5H10.BrH.Fe/c1-2-7-13-8-9-14(11-13)10-12-5-3-4-6-12;1-2-4-5-3-1;;/h2,12H,1,3-11H2;1-5H2;1H;/p-1. The minimum absolute atomic E-state index is 0. The fourth-order valence-corrected chi connectivity index (χ4v) is 3.63. The molecule has 126 valence electrons.